The van der Waals surface area contributed by atoms with Crippen LogP contribution in [0.15, 0.2) is 22.6 Å². The second-order valence-corrected chi connectivity index (χ2v) is 4.47. The average molecular weight is 279 g/mol. The van der Waals surface area contributed by atoms with E-state index in [1.54, 1.807) is 13.0 Å². The topological polar surface area (TPSA) is 60.2 Å². The zero-order valence-corrected chi connectivity index (χ0v) is 11.8. The first-order chi connectivity index (χ1) is 9.60. The molecule has 0 aliphatic rings. The van der Waals surface area contributed by atoms with Crippen LogP contribution >= 0.6 is 0 Å². The van der Waals surface area contributed by atoms with Crippen molar-refractivity contribution in [3.63, 3.8) is 0 Å². The maximum atomic E-state index is 13.9. The molecule has 0 saturated carbocycles. The van der Waals surface area contributed by atoms with E-state index < -0.39 is 5.82 Å². The normalized spacial score (nSPS) is 12.4. The number of nitrogens with zero attached hydrogens (tertiary/aromatic N) is 2. The number of nitrogens with one attached hydrogen (secondary N) is 1. The monoisotopic (exact) mass is 279 g/mol. The Bertz CT molecular complexity index is 571. The third-order valence-corrected chi connectivity index (χ3v) is 2.89. The van der Waals surface area contributed by atoms with Crippen molar-refractivity contribution in [2.45, 2.75) is 33.4 Å². The van der Waals surface area contributed by atoms with Gasteiger partial charge in [-0.05, 0) is 31.2 Å². The predicted octanol–water partition coefficient (Wildman–Crippen LogP) is 2.77. The molecule has 0 fully saturated rings. The molecule has 2 aromatic rings. The van der Waals surface area contributed by atoms with Crippen LogP contribution in [0.1, 0.15) is 37.2 Å². The molecule has 0 aliphatic heterocycles. The van der Waals surface area contributed by atoms with Gasteiger partial charge in [-0.1, -0.05) is 13.0 Å². The van der Waals surface area contributed by atoms with Gasteiger partial charge in [0.1, 0.15) is 0 Å². The van der Waals surface area contributed by atoms with Crippen molar-refractivity contribution in [3.05, 3.63) is 41.4 Å². The van der Waals surface area contributed by atoms with Crippen molar-refractivity contribution in [2.24, 2.45) is 0 Å². The van der Waals surface area contributed by atoms with Crippen LogP contribution in [0.2, 0.25) is 0 Å². The van der Waals surface area contributed by atoms with Crippen LogP contribution in [-0.4, -0.2) is 16.7 Å². The molecule has 0 spiro atoms. The lowest BCUT2D eigenvalue weighted by atomic mass is 10.1. The van der Waals surface area contributed by atoms with Gasteiger partial charge in [-0.2, -0.15) is 0 Å². The molecule has 0 radical (unpaired) electrons. The van der Waals surface area contributed by atoms with Crippen molar-refractivity contribution in [2.75, 3.05) is 6.54 Å². The minimum atomic E-state index is -0.400. The van der Waals surface area contributed by atoms with Gasteiger partial charge in [-0.3, -0.25) is 0 Å². The van der Waals surface area contributed by atoms with Gasteiger partial charge in [-0.25, -0.2) is 4.39 Å². The highest BCUT2D eigenvalue weighted by Gasteiger charge is 2.10. The summed E-state index contributed by atoms with van der Waals surface area (Å²) >= 11 is 0. The molecule has 1 N–H and O–H groups in total. The first-order valence-corrected chi connectivity index (χ1v) is 6.54. The van der Waals surface area contributed by atoms with E-state index in [0.29, 0.717) is 11.8 Å². The average Bonchev–Trinajstić information content (AvgIpc) is 2.83. The molecule has 1 atom stereocenters. The summed E-state index contributed by atoms with van der Waals surface area (Å²) in [5, 5.41) is 10.7. The van der Waals surface area contributed by atoms with Gasteiger partial charge in [0.05, 0.1) is 0 Å². The number of benzene rings is 1. The van der Waals surface area contributed by atoms with E-state index in [9.17, 15) is 4.39 Å². The Balaban J connectivity index is 2.02. The Morgan fingerprint density at radius 1 is 1.40 bits per heavy atom. The number of hydrogen-bond acceptors (Lipinski definition) is 5. The summed E-state index contributed by atoms with van der Waals surface area (Å²) in [5.74, 6) is 0.558. The van der Waals surface area contributed by atoms with Crippen LogP contribution in [0.3, 0.4) is 0 Å². The fourth-order valence-corrected chi connectivity index (χ4v) is 1.86. The SMILES string of the molecule is CCNC(C)c1ccc(OCc2nnc(C)o2)c(F)c1. The number of rotatable bonds is 6. The van der Waals surface area contributed by atoms with Crippen molar-refractivity contribution in [1.82, 2.24) is 15.5 Å². The van der Waals surface area contributed by atoms with Gasteiger partial charge < -0.3 is 14.5 Å². The number of aryl methyl sites for hydroxylation is 1. The Morgan fingerprint density at radius 3 is 2.80 bits per heavy atom. The summed E-state index contributed by atoms with van der Waals surface area (Å²) in [4.78, 5) is 0. The summed E-state index contributed by atoms with van der Waals surface area (Å²) in [6, 6.07) is 5.02. The molecular weight excluding hydrogens is 261 g/mol. The lowest BCUT2D eigenvalue weighted by Gasteiger charge is -2.14. The van der Waals surface area contributed by atoms with Crippen molar-refractivity contribution < 1.29 is 13.5 Å². The summed E-state index contributed by atoms with van der Waals surface area (Å²) in [5.41, 5.74) is 0.880. The molecule has 1 aromatic carbocycles. The van der Waals surface area contributed by atoms with Gasteiger partial charge in [0.25, 0.3) is 5.89 Å². The summed E-state index contributed by atoms with van der Waals surface area (Å²) < 4.78 is 24.4. The third-order valence-electron chi connectivity index (χ3n) is 2.89. The summed E-state index contributed by atoms with van der Waals surface area (Å²) in [6.07, 6.45) is 0. The van der Waals surface area contributed by atoms with Crippen LogP contribution in [0.4, 0.5) is 4.39 Å². The van der Waals surface area contributed by atoms with Crippen molar-refractivity contribution in [3.8, 4) is 5.75 Å². The summed E-state index contributed by atoms with van der Waals surface area (Å²) in [7, 11) is 0. The fourth-order valence-electron chi connectivity index (χ4n) is 1.86. The largest absolute Gasteiger partial charge is 0.481 e. The van der Waals surface area contributed by atoms with Crippen LogP contribution in [-0.2, 0) is 6.61 Å². The molecular formula is C14H18FN3O2. The zero-order chi connectivity index (χ0) is 14.5. The quantitative estimate of drug-likeness (QED) is 0.881. The second kappa shape index (κ2) is 6.47. The minimum Gasteiger partial charge on any atom is -0.481 e. The van der Waals surface area contributed by atoms with E-state index in [2.05, 4.69) is 15.5 Å². The number of halogens is 1. The Kier molecular flexibility index (Phi) is 4.68. The van der Waals surface area contributed by atoms with E-state index in [4.69, 9.17) is 9.15 Å². The first-order valence-electron chi connectivity index (χ1n) is 6.54. The van der Waals surface area contributed by atoms with Crippen molar-refractivity contribution >= 4 is 0 Å². The molecule has 5 nitrogen and oxygen atoms in total. The Morgan fingerprint density at radius 2 is 2.20 bits per heavy atom. The molecule has 108 valence electrons. The molecule has 0 aliphatic carbocycles. The second-order valence-electron chi connectivity index (χ2n) is 4.47. The third kappa shape index (κ3) is 3.54. The van der Waals surface area contributed by atoms with Crippen LogP contribution in [0.5, 0.6) is 5.75 Å². The van der Waals surface area contributed by atoms with Gasteiger partial charge in [-0.15, -0.1) is 10.2 Å². The molecule has 6 heteroatoms. The Hall–Kier alpha value is -1.95. The molecule has 2 rings (SSSR count). The molecule has 20 heavy (non-hydrogen) atoms. The highest BCUT2D eigenvalue weighted by molar-refractivity contribution is 5.30. The van der Waals surface area contributed by atoms with Crippen molar-refractivity contribution in [1.29, 1.82) is 0 Å². The minimum absolute atomic E-state index is 0.0554. The van der Waals surface area contributed by atoms with Gasteiger partial charge >= 0.3 is 0 Å². The van der Waals surface area contributed by atoms with Gasteiger partial charge in [0.15, 0.2) is 18.2 Å². The first kappa shape index (κ1) is 14.5. The van der Waals surface area contributed by atoms with E-state index >= 15 is 0 Å². The number of ether oxygens (including phenoxy) is 1. The number of hydrogen-bond donors (Lipinski definition) is 1. The van der Waals surface area contributed by atoms with E-state index in [1.807, 2.05) is 19.9 Å². The maximum absolute atomic E-state index is 13.9. The molecule has 0 amide bonds. The molecule has 0 saturated heterocycles. The lowest BCUT2D eigenvalue weighted by molar-refractivity contribution is 0.249. The molecule has 1 heterocycles. The standard InChI is InChI=1S/C14H18FN3O2/c1-4-16-9(2)11-5-6-13(12(15)7-11)19-8-14-18-17-10(3)20-14/h5-7,9,16H,4,8H2,1-3H3. The lowest BCUT2D eigenvalue weighted by Crippen LogP contribution is -2.17. The maximum Gasteiger partial charge on any atom is 0.253 e. The molecule has 0 bridgehead atoms. The van der Waals surface area contributed by atoms with Gasteiger partial charge in [0, 0.05) is 13.0 Å². The van der Waals surface area contributed by atoms with E-state index in [-0.39, 0.29) is 18.4 Å². The van der Waals surface area contributed by atoms with Gasteiger partial charge in [0.2, 0.25) is 5.89 Å². The predicted molar refractivity (Wildman–Crippen MR) is 71.9 cm³/mol. The van der Waals surface area contributed by atoms with Crippen LogP contribution < -0.4 is 10.1 Å². The van der Waals surface area contributed by atoms with E-state index in [0.717, 1.165) is 12.1 Å². The molecule has 1 aromatic heterocycles. The molecule has 1 unspecified atom stereocenters. The van der Waals surface area contributed by atoms with Crippen LogP contribution in [0.25, 0.3) is 0 Å². The zero-order valence-electron chi connectivity index (χ0n) is 11.8. The summed E-state index contributed by atoms with van der Waals surface area (Å²) in [6.45, 7) is 6.57. The highest BCUT2D eigenvalue weighted by atomic mass is 19.1. The highest BCUT2D eigenvalue weighted by Crippen LogP contribution is 2.22. The fraction of sp³-hybridized carbons (Fsp3) is 0.429. The number of aromatic nitrogens is 2. The Labute approximate surface area is 117 Å². The van der Waals surface area contributed by atoms with E-state index in [1.165, 1.54) is 6.07 Å². The smallest absolute Gasteiger partial charge is 0.253 e. The van der Waals surface area contributed by atoms with Crippen LogP contribution in [0, 0.1) is 12.7 Å².